The Kier molecular flexibility index (Phi) is 2.80. The van der Waals surface area contributed by atoms with E-state index in [1.54, 1.807) is 12.1 Å². The van der Waals surface area contributed by atoms with Crippen molar-refractivity contribution in [1.29, 1.82) is 0 Å². The molecule has 0 aromatic heterocycles. The molecule has 1 aliphatic rings. The van der Waals surface area contributed by atoms with Gasteiger partial charge in [-0.25, -0.2) is 4.79 Å². The third-order valence-corrected chi connectivity index (χ3v) is 3.13. The van der Waals surface area contributed by atoms with Crippen LogP contribution in [0.3, 0.4) is 0 Å². The molecule has 3 rings (SSSR count). The molecule has 0 saturated carbocycles. The van der Waals surface area contributed by atoms with Crippen LogP contribution in [-0.2, 0) is 0 Å². The summed E-state index contributed by atoms with van der Waals surface area (Å²) >= 11 is 0. The largest absolute Gasteiger partial charge is 0.488 e. The molecule has 0 atom stereocenters. The second-order valence-electron chi connectivity index (χ2n) is 4.38. The van der Waals surface area contributed by atoms with Crippen molar-refractivity contribution in [3.05, 3.63) is 65.2 Å². The van der Waals surface area contributed by atoms with Crippen molar-refractivity contribution in [2.75, 3.05) is 6.61 Å². The Morgan fingerprint density at radius 3 is 2.53 bits per heavy atom. The Bertz CT molecular complexity index is 654. The summed E-state index contributed by atoms with van der Waals surface area (Å²) in [5, 5.41) is 8.88. The summed E-state index contributed by atoms with van der Waals surface area (Å²) in [5.41, 5.74) is 3.38. The summed E-state index contributed by atoms with van der Waals surface area (Å²) in [6.07, 6.45) is 2.08. The summed E-state index contributed by atoms with van der Waals surface area (Å²) in [4.78, 5) is 10.8. The van der Waals surface area contributed by atoms with Crippen LogP contribution in [0, 0.1) is 0 Å². The highest BCUT2D eigenvalue weighted by Gasteiger charge is 2.12. The van der Waals surface area contributed by atoms with Gasteiger partial charge in [-0.05, 0) is 35.4 Å². The van der Waals surface area contributed by atoms with E-state index in [0.29, 0.717) is 12.2 Å². The molecule has 2 aromatic rings. The second-order valence-corrected chi connectivity index (χ2v) is 4.38. The smallest absolute Gasteiger partial charge is 0.335 e. The van der Waals surface area contributed by atoms with Crippen LogP contribution in [0.4, 0.5) is 0 Å². The molecule has 0 bridgehead atoms. The van der Waals surface area contributed by atoms with Gasteiger partial charge in [-0.3, -0.25) is 0 Å². The standard InChI is InChI=1S/C16H12O3/c17-16(18)12-7-5-11(6-8-12)14-9-13-3-1-2-4-15(13)19-10-14/h1-9H,10H2,(H,17,18). The van der Waals surface area contributed by atoms with Crippen molar-refractivity contribution in [3.8, 4) is 5.75 Å². The molecule has 0 amide bonds. The quantitative estimate of drug-likeness (QED) is 0.891. The minimum atomic E-state index is -0.911. The average molecular weight is 252 g/mol. The van der Waals surface area contributed by atoms with Crippen LogP contribution >= 0.6 is 0 Å². The number of fused-ring (bicyclic) bond motifs is 1. The van der Waals surface area contributed by atoms with Gasteiger partial charge in [0.05, 0.1) is 5.56 Å². The zero-order valence-corrected chi connectivity index (χ0v) is 10.2. The van der Waals surface area contributed by atoms with Crippen molar-refractivity contribution in [2.24, 2.45) is 0 Å². The molecule has 0 unspecified atom stereocenters. The highest BCUT2D eigenvalue weighted by atomic mass is 16.5. The molecule has 0 radical (unpaired) electrons. The first-order valence-electron chi connectivity index (χ1n) is 6.00. The van der Waals surface area contributed by atoms with Crippen LogP contribution < -0.4 is 4.74 Å². The molecule has 2 aromatic carbocycles. The van der Waals surface area contributed by atoms with E-state index in [1.807, 2.05) is 36.4 Å². The lowest BCUT2D eigenvalue weighted by Crippen LogP contribution is -2.06. The summed E-state index contributed by atoms with van der Waals surface area (Å²) in [6, 6.07) is 14.7. The third-order valence-electron chi connectivity index (χ3n) is 3.13. The maximum atomic E-state index is 10.8. The number of hydrogen-bond acceptors (Lipinski definition) is 2. The summed E-state index contributed by atoms with van der Waals surface area (Å²) < 4.78 is 5.68. The SMILES string of the molecule is O=C(O)c1ccc(C2=Cc3ccccc3OC2)cc1. The normalized spacial score (nSPS) is 13.2. The molecule has 1 N–H and O–H groups in total. The Morgan fingerprint density at radius 1 is 1.05 bits per heavy atom. The van der Waals surface area contributed by atoms with E-state index in [9.17, 15) is 4.79 Å². The van der Waals surface area contributed by atoms with Gasteiger partial charge in [-0.15, -0.1) is 0 Å². The summed E-state index contributed by atoms with van der Waals surface area (Å²) in [7, 11) is 0. The topological polar surface area (TPSA) is 46.5 Å². The van der Waals surface area contributed by atoms with E-state index < -0.39 is 5.97 Å². The Balaban J connectivity index is 1.95. The molecular formula is C16H12O3. The van der Waals surface area contributed by atoms with E-state index >= 15 is 0 Å². The minimum Gasteiger partial charge on any atom is -0.488 e. The molecule has 3 nitrogen and oxygen atoms in total. The first-order chi connectivity index (χ1) is 9.24. The van der Waals surface area contributed by atoms with Gasteiger partial charge in [-0.2, -0.15) is 0 Å². The van der Waals surface area contributed by atoms with E-state index in [4.69, 9.17) is 9.84 Å². The van der Waals surface area contributed by atoms with Gasteiger partial charge in [0.2, 0.25) is 0 Å². The number of carboxylic acids is 1. The van der Waals surface area contributed by atoms with Gasteiger partial charge < -0.3 is 9.84 Å². The number of ether oxygens (including phenoxy) is 1. The molecule has 0 fully saturated rings. The highest BCUT2D eigenvalue weighted by molar-refractivity contribution is 5.90. The van der Waals surface area contributed by atoms with Gasteiger partial charge in [0.15, 0.2) is 0 Å². The number of benzene rings is 2. The van der Waals surface area contributed by atoms with Crippen LogP contribution in [-0.4, -0.2) is 17.7 Å². The molecular weight excluding hydrogens is 240 g/mol. The van der Waals surface area contributed by atoms with E-state index in [2.05, 4.69) is 6.08 Å². The van der Waals surface area contributed by atoms with Gasteiger partial charge >= 0.3 is 5.97 Å². The number of carboxylic acid groups (broad SMARTS) is 1. The van der Waals surface area contributed by atoms with E-state index in [-0.39, 0.29) is 0 Å². The van der Waals surface area contributed by atoms with Gasteiger partial charge in [0, 0.05) is 5.56 Å². The molecule has 0 spiro atoms. The molecule has 0 aliphatic carbocycles. The highest BCUT2D eigenvalue weighted by Crippen LogP contribution is 2.30. The second kappa shape index (κ2) is 4.61. The summed E-state index contributed by atoms with van der Waals surface area (Å²) in [6.45, 7) is 0.503. The Labute approximate surface area is 110 Å². The average Bonchev–Trinajstić information content (AvgIpc) is 2.47. The van der Waals surface area contributed by atoms with Crippen LogP contribution in [0.15, 0.2) is 48.5 Å². The molecule has 1 aliphatic heterocycles. The first kappa shape index (κ1) is 11.5. The molecule has 3 heteroatoms. The molecule has 0 saturated heterocycles. The Hall–Kier alpha value is -2.55. The molecule has 19 heavy (non-hydrogen) atoms. The maximum Gasteiger partial charge on any atom is 0.335 e. The number of hydrogen-bond donors (Lipinski definition) is 1. The number of carbonyl (C=O) groups is 1. The van der Waals surface area contributed by atoms with Gasteiger partial charge in [-0.1, -0.05) is 30.3 Å². The first-order valence-corrected chi connectivity index (χ1v) is 6.00. The van der Waals surface area contributed by atoms with Crippen LogP contribution in [0.1, 0.15) is 21.5 Å². The number of aromatic carboxylic acids is 1. The fraction of sp³-hybridized carbons (Fsp3) is 0.0625. The number of para-hydroxylation sites is 1. The van der Waals surface area contributed by atoms with Crippen molar-refractivity contribution in [1.82, 2.24) is 0 Å². The van der Waals surface area contributed by atoms with Crippen molar-refractivity contribution >= 4 is 17.6 Å². The van der Waals surface area contributed by atoms with Gasteiger partial charge in [0.1, 0.15) is 12.4 Å². The lowest BCUT2D eigenvalue weighted by Gasteiger charge is -2.18. The zero-order chi connectivity index (χ0) is 13.2. The monoisotopic (exact) mass is 252 g/mol. The maximum absolute atomic E-state index is 10.8. The van der Waals surface area contributed by atoms with Crippen LogP contribution in [0.5, 0.6) is 5.75 Å². The molecule has 1 heterocycles. The zero-order valence-electron chi connectivity index (χ0n) is 10.2. The predicted molar refractivity (Wildman–Crippen MR) is 73.2 cm³/mol. The fourth-order valence-corrected chi connectivity index (χ4v) is 2.11. The van der Waals surface area contributed by atoms with Crippen molar-refractivity contribution in [3.63, 3.8) is 0 Å². The number of rotatable bonds is 2. The molecule has 94 valence electrons. The summed E-state index contributed by atoms with van der Waals surface area (Å²) in [5.74, 6) is -0.0285. The van der Waals surface area contributed by atoms with Crippen LogP contribution in [0.2, 0.25) is 0 Å². The van der Waals surface area contributed by atoms with Gasteiger partial charge in [0.25, 0.3) is 0 Å². The predicted octanol–water partition coefficient (Wildman–Crippen LogP) is 3.32. The van der Waals surface area contributed by atoms with Crippen molar-refractivity contribution < 1.29 is 14.6 Å². The third kappa shape index (κ3) is 2.22. The van der Waals surface area contributed by atoms with Crippen LogP contribution in [0.25, 0.3) is 11.6 Å². The minimum absolute atomic E-state index is 0.293. The lowest BCUT2D eigenvalue weighted by atomic mass is 10.00. The van der Waals surface area contributed by atoms with E-state index in [0.717, 1.165) is 22.4 Å². The Morgan fingerprint density at radius 2 is 1.79 bits per heavy atom. The fourth-order valence-electron chi connectivity index (χ4n) is 2.11. The van der Waals surface area contributed by atoms with Crippen molar-refractivity contribution in [2.45, 2.75) is 0 Å². The lowest BCUT2D eigenvalue weighted by molar-refractivity contribution is 0.0697. The van der Waals surface area contributed by atoms with E-state index in [1.165, 1.54) is 0 Å².